The van der Waals surface area contributed by atoms with Gasteiger partial charge in [0, 0.05) is 53.8 Å². The van der Waals surface area contributed by atoms with Crippen LogP contribution in [0.5, 0.6) is 0 Å². The number of thiazole rings is 1. The number of hydrogen-bond acceptors (Lipinski definition) is 9. The SMILES string of the molecule is CCCc1sc(-c2ccc(-c3nn(C4CCC(N5CCN(C)CC5)CC4)c4ncnc(N)c34)cc2)nc1-c1ccccc1.N. The maximum absolute atomic E-state index is 6.47. The molecule has 2 aromatic carbocycles. The predicted octanol–water partition coefficient (Wildman–Crippen LogP) is 6.71. The molecular weight excluding hydrogens is 567 g/mol. The van der Waals surface area contributed by atoms with Crippen molar-refractivity contribution in [3.8, 4) is 33.1 Å². The molecule has 2 fully saturated rings. The third kappa shape index (κ3) is 5.87. The molecule has 0 radical (unpaired) electrons. The van der Waals surface area contributed by atoms with Gasteiger partial charge in [0.2, 0.25) is 0 Å². The smallest absolute Gasteiger partial charge is 0.164 e. The van der Waals surface area contributed by atoms with Crippen molar-refractivity contribution in [2.75, 3.05) is 39.0 Å². The number of anilines is 1. The normalized spacial score (nSPS) is 19.7. The summed E-state index contributed by atoms with van der Waals surface area (Å²) in [4.78, 5) is 20.6. The third-order valence-electron chi connectivity index (χ3n) is 9.21. The molecule has 1 saturated carbocycles. The van der Waals surface area contributed by atoms with E-state index in [1.54, 1.807) is 17.7 Å². The molecule has 10 heteroatoms. The van der Waals surface area contributed by atoms with Crippen molar-refractivity contribution in [3.63, 3.8) is 0 Å². The first-order chi connectivity index (χ1) is 21.1. The molecule has 1 aliphatic carbocycles. The Labute approximate surface area is 263 Å². The molecule has 0 unspecified atom stereocenters. The van der Waals surface area contributed by atoms with E-state index in [1.165, 1.54) is 49.5 Å². The van der Waals surface area contributed by atoms with Crippen LogP contribution in [0.25, 0.3) is 44.1 Å². The maximum atomic E-state index is 6.47. The monoisotopic (exact) mass is 609 g/mol. The Balaban J connectivity index is 0.00000343. The van der Waals surface area contributed by atoms with Crippen LogP contribution >= 0.6 is 11.3 Å². The Hall–Kier alpha value is -3.70. The van der Waals surface area contributed by atoms with E-state index < -0.39 is 0 Å². The highest BCUT2D eigenvalue weighted by molar-refractivity contribution is 7.15. The molecule has 3 aromatic heterocycles. The van der Waals surface area contributed by atoms with Crippen LogP contribution in [0.15, 0.2) is 60.9 Å². The highest BCUT2D eigenvalue weighted by atomic mass is 32.1. The van der Waals surface area contributed by atoms with Gasteiger partial charge in [-0.2, -0.15) is 5.10 Å². The summed E-state index contributed by atoms with van der Waals surface area (Å²) in [7, 11) is 2.22. The minimum atomic E-state index is 0. The van der Waals surface area contributed by atoms with Crippen molar-refractivity contribution in [2.24, 2.45) is 0 Å². The lowest BCUT2D eigenvalue weighted by Crippen LogP contribution is -2.49. The van der Waals surface area contributed by atoms with Crippen LogP contribution in [0.2, 0.25) is 0 Å². The van der Waals surface area contributed by atoms with Crippen LogP contribution in [-0.4, -0.2) is 73.8 Å². The average Bonchev–Trinajstić information content (AvgIpc) is 3.65. The number of likely N-dealkylation sites (N-methyl/N-ethyl adjacent to an activating group) is 1. The molecule has 230 valence electrons. The third-order valence-corrected chi connectivity index (χ3v) is 10.4. The van der Waals surface area contributed by atoms with Gasteiger partial charge in [-0.25, -0.2) is 19.6 Å². The second kappa shape index (κ2) is 13.1. The molecule has 1 saturated heterocycles. The summed E-state index contributed by atoms with van der Waals surface area (Å²) >= 11 is 1.80. The molecule has 5 N–H and O–H groups in total. The number of nitrogens with two attached hydrogens (primary N) is 1. The number of rotatable bonds is 7. The van der Waals surface area contributed by atoms with Gasteiger partial charge in [-0.1, -0.05) is 67.9 Å². The summed E-state index contributed by atoms with van der Waals surface area (Å²) in [6.45, 7) is 6.91. The molecule has 0 amide bonds. The Morgan fingerprint density at radius 1 is 0.818 bits per heavy atom. The summed E-state index contributed by atoms with van der Waals surface area (Å²) in [5.41, 5.74) is 12.6. The van der Waals surface area contributed by atoms with E-state index >= 15 is 0 Å². The number of benzene rings is 2. The molecule has 44 heavy (non-hydrogen) atoms. The zero-order chi connectivity index (χ0) is 29.3. The molecule has 4 heterocycles. The number of hydrogen-bond donors (Lipinski definition) is 2. The zero-order valence-electron chi connectivity index (χ0n) is 25.8. The standard InChI is InChI=1S/C34H40N8S.H3N/c1-3-7-28-30(23-8-5-4-6-9-23)38-34(43-28)25-12-10-24(11-13-25)31-29-32(35)36-22-37-33(29)42(39-31)27-16-14-26(15-17-27)41-20-18-40(2)19-21-41;/h4-6,8-13,22,26-27H,3,7,14-21H2,1-2H3,(H2,35,36,37);1H3. The van der Waals surface area contributed by atoms with E-state index in [4.69, 9.17) is 15.8 Å². The lowest BCUT2D eigenvalue weighted by atomic mass is 9.90. The second-order valence-corrected chi connectivity index (χ2v) is 13.1. The molecule has 7 rings (SSSR count). The molecule has 0 spiro atoms. The predicted molar refractivity (Wildman–Crippen MR) is 181 cm³/mol. The van der Waals surface area contributed by atoms with E-state index in [2.05, 4.69) is 93.0 Å². The fraction of sp³-hybridized carbons (Fsp3) is 0.412. The van der Waals surface area contributed by atoms with Gasteiger partial charge in [-0.05, 0) is 39.2 Å². The fourth-order valence-electron chi connectivity index (χ4n) is 6.77. The van der Waals surface area contributed by atoms with Crippen molar-refractivity contribution >= 4 is 28.2 Å². The van der Waals surface area contributed by atoms with Crippen molar-refractivity contribution in [1.82, 2.24) is 40.7 Å². The van der Waals surface area contributed by atoms with E-state index in [0.29, 0.717) is 17.9 Å². The van der Waals surface area contributed by atoms with Gasteiger partial charge < -0.3 is 16.8 Å². The molecular formula is C34H43N9S. The van der Waals surface area contributed by atoms with Crippen molar-refractivity contribution < 1.29 is 0 Å². The summed E-state index contributed by atoms with van der Waals surface area (Å²) in [6.07, 6.45) is 8.28. The summed E-state index contributed by atoms with van der Waals surface area (Å²) < 4.78 is 2.14. The minimum absolute atomic E-state index is 0. The molecule has 5 aromatic rings. The number of nitrogen functional groups attached to an aromatic ring is 1. The van der Waals surface area contributed by atoms with Gasteiger partial charge >= 0.3 is 0 Å². The summed E-state index contributed by atoms with van der Waals surface area (Å²) in [6, 6.07) is 20.1. The van der Waals surface area contributed by atoms with Crippen LogP contribution in [0.3, 0.4) is 0 Å². The highest BCUT2D eigenvalue weighted by Gasteiger charge is 2.30. The first kappa shape index (κ1) is 30.3. The van der Waals surface area contributed by atoms with Crippen LogP contribution in [0, 0.1) is 0 Å². The van der Waals surface area contributed by atoms with Gasteiger partial charge in [0.15, 0.2) is 5.65 Å². The number of aryl methyl sites for hydroxylation is 1. The summed E-state index contributed by atoms with van der Waals surface area (Å²) in [5.74, 6) is 0.484. The van der Waals surface area contributed by atoms with Crippen LogP contribution in [-0.2, 0) is 6.42 Å². The van der Waals surface area contributed by atoms with Crippen molar-refractivity contribution in [3.05, 3.63) is 65.8 Å². The summed E-state index contributed by atoms with van der Waals surface area (Å²) in [5, 5.41) is 7.07. The van der Waals surface area contributed by atoms with Crippen LogP contribution in [0.1, 0.15) is 49.9 Å². The number of piperazine rings is 1. The Bertz CT molecular complexity index is 1680. The maximum Gasteiger partial charge on any atom is 0.164 e. The van der Waals surface area contributed by atoms with Crippen molar-refractivity contribution in [1.29, 1.82) is 0 Å². The Morgan fingerprint density at radius 2 is 1.48 bits per heavy atom. The number of aromatic nitrogens is 5. The van der Waals surface area contributed by atoms with E-state index in [9.17, 15) is 0 Å². The Kier molecular flexibility index (Phi) is 9.04. The van der Waals surface area contributed by atoms with E-state index in [1.807, 2.05) is 0 Å². The van der Waals surface area contributed by atoms with Crippen LogP contribution < -0.4 is 11.9 Å². The number of fused-ring (bicyclic) bond motifs is 1. The molecule has 9 nitrogen and oxygen atoms in total. The van der Waals surface area contributed by atoms with E-state index in [-0.39, 0.29) is 6.15 Å². The average molecular weight is 610 g/mol. The van der Waals surface area contributed by atoms with Crippen LogP contribution in [0.4, 0.5) is 5.82 Å². The Morgan fingerprint density at radius 3 is 2.18 bits per heavy atom. The second-order valence-electron chi connectivity index (χ2n) is 12.0. The van der Waals surface area contributed by atoms with E-state index in [0.717, 1.165) is 64.2 Å². The molecule has 2 aliphatic rings. The highest BCUT2D eigenvalue weighted by Crippen LogP contribution is 2.39. The zero-order valence-corrected chi connectivity index (χ0v) is 26.6. The lowest BCUT2D eigenvalue weighted by molar-refractivity contribution is 0.0815. The first-order valence-corrected chi connectivity index (χ1v) is 16.5. The minimum Gasteiger partial charge on any atom is -0.383 e. The quantitative estimate of drug-likeness (QED) is 0.209. The lowest BCUT2D eigenvalue weighted by Gasteiger charge is -2.41. The van der Waals surface area contributed by atoms with Gasteiger partial charge in [0.1, 0.15) is 22.8 Å². The van der Waals surface area contributed by atoms with Gasteiger partial charge in [-0.3, -0.25) is 4.90 Å². The van der Waals surface area contributed by atoms with Gasteiger partial charge in [-0.15, -0.1) is 11.3 Å². The fourth-order valence-corrected chi connectivity index (χ4v) is 7.96. The largest absolute Gasteiger partial charge is 0.383 e. The van der Waals surface area contributed by atoms with Crippen molar-refractivity contribution in [2.45, 2.75) is 57.5 Å². The van der Waals surface area contributed by atoms with Gasteiger partial charge in [0.05, 0.1) is 17.1 Å². The van der Waals surface area contributed by atoms with Gasteiger partial charge in [0.25, 0.3) is 0 Å². The topological polar surface area (TPSA) is 124 Å². The molecule has 1 aliphatic heterocycles. The molecule has 0 bridgehead atoms. The first-order valence-electron chi connectivity index (χ1n) is 15.7. The molecule has 0 atom stereocenters. The number of nitrogens with zero attached hydrogens (tertiary/aromatic N) is 7.